The lowest BCUT2D eigenvalue weighted by atomic mass is 10.2. The van der Waals surface area contributed by atoms with Gasteiger partial charge in [0, 0.05) is 17.9 Å². The van der Waals surface area contributed by atoms with E-state index in [9.17, 15) is 14.0 Å². The lowest BCUT2D eigenvalue weighted by molar-refractivity contribution is -0.118. The van der Waals surface area contributed by atoms with Crippen molar-refractivity contribution < 1.29 is 18.7 Å². The molecule has 1 atom stereocenters. The number of anilines is 2. The number of carbonyl (C=O) groups is 2. The van der Waals surface area contributed by atoms with Crippen molar-refractivity contribution >= 4 is 23.3 Å². The first-order valence-corrected chi connectivity index (χ1v) is 7.85. The van der Waals surface area contributed by atoms with Crippen LogP contribution in [0, 0.1) is 5.82 Å². The highest BCUT2D eigenvalue weighted by Crippen LogP contribution is 2.22. The number of rotatable bonds is 4. The van der Waals surface area contributed by atoms with E-state index in [1.807, 2.05) is 0 Å². The second-order valence-corrected chi connectivity index (χ2v) is 5.63. The molecule has 6 nitrogen and oxygen atoms in total. The Morgan fingerprint density at radius 3 is 2.48 bits per heavy atom. The number of carbonyl (C=O) groups excluding carboxylic acids is 2. The van der Waals surface area contributed by atoms with Crippen molar-refractivity contribution in [2.75, 3.05) is 23.9 Å². The minimum absolute atomic E-state index is 0.212. The summed E-state index contributed by atoms with van der Waals surface area (Å²) in [5, 5.41) is 5.35. The van der Waals surface area contributed by atoms with Gasteiger partial charge in [0.05, 0.1) is 7.11 Å². The second-order valence-electron chi connectivity index (χ2n) is 5.63. The van der Waals surface area contributed by atoms with Gasteiger partial charge in [-0.25, -0.2) is 9.18 Å². The van der Waals surface area contributed by atoms with Crippen LogP contribution in [0.4, 0.5) is 20.6 Å². The molecule has 0 aromatic heterocycles. The van der Waals surface area contributed by atoms with Crippen LogP contribution in [-0.4, -0.2) is 31.6 Å². The molecule has 1 aliphatic heterocycles. The van der Waals surface area contributed by atoms with E-state index in [2.05, 4.69) is 10.6 Å². The van der Waals surface area contributed by atoms with Gasteiger partial charge in [-0.05, 0) is 55.0 Å². The zero-order valence-corrected chi connectivity index (χ0v) is 13.7. The Morgan fingerprint density at radius 1 is 1.16 bits per heavy atom. The van der Waals surface area contributed by atoms with Gasteiger partial charge in [-0.15, -0.1) is 0 Å². The fraction of sp³-hybridized carbons (Fsp3) is 0.222. The van der Waals surface area contributed by atoms with E-state index in [1.54, 1.807) is 43.5 Å². The molecule has 1 unspecified atom stereocenters. The van der Waals surface area contributed by atoms with Crippen molar-refractivity contribution in [2.24, 2.45) is 0 Å². The standard InChI is InChI=1S/C18H18FN3O3/c1-25-15-8-4-13(5-9-15)20-18(24)21-16-10-11-22(17(16)23)14-6-2-12(19)3-7-14/h2-9,16H,10-11H2,1H3,(H2,20,21,24). The maximum atomic E-state index is 13.0. The van der Waals surface area contributed by atoms with Crippen molar-refractivity contribution in [1.29, 1.82) is 0 Å². The third-order valence-electron chi connectivity index (χ3n) is 4.00. The van der Waals surface area contributed by atoms with Crippen LogP contribution in [0.2, 0.25) is 0 Å². The van der Waals surface area contributed by atoms with Crippen molar-refractivity contribution in [1.82, 2.24) is 5.32 Å². The predicted molar refractivity (Wildman–Crippen MR) is 92.3 cm³/mol. The topological polar surface area (TPSA) is 70.7 Å². The van der Waals surface area contributed by atoms with E-state index in [1.165, 1.54) is 17.0 Å². The summed E-state index contributed by atoms with van der Waals surface area (Å²) in [7, 11) is 1.56. The molecule has 0 bridgehead atoms. The van der Waals surface area contributed by atoms with Gasteiger partial charge >= 0.3 is 6.03 Å². The van der Waals surface area contributed by atoms with Gasteiger partial charge in [-0.1, -0.05) is 0 Å². The predicted octanol–water partition coefficient (Wildman–Crippen LogP) is 2.76. The molecule has 1 heterocycles. The molecule has 3 rings (SSSR count). The third kappa shape index (κ3) is 3.88. The Hall–Kier alpha value is -3.09. The molecule has 25 heavy (non-hydrogen) atoms. The van der Waals surface area contributed by atoms with Crippen LogP contribution in [0.1, 0.15) is 6.42 Å². The normalized spacial score (nSPS) is 16.6. The van der Waals surface area contributed by atoms with Crippen molar-refractivity contribution in [3.05, 3.63) is 54.3 Å². The summed E-state index contributed by atoms with van der Waals surface area (Å²) in [6, 6.07) is 11.5. The lowest BCUT2D eigenvalue weighted by Crippen LogP contribution is -2.43. The van der Waals surface area contributed by atoms with Crippen molar-refractivity contribution in [3.8, 4) is 5.75 Å². The third-order valence-corrected chi connectivity index (χ3v) is 4.00. The van der Waals surface area contributed by atoms with Gasteiger partial charge in [0.2, 0.25) is 5.91 Å². The fourth-order valence-electron chi connectivity index (χ4n) is 2.69. The largest absolute Gasteiger partial charge is 0.497 e. The van der Waals surface area contributed by atoms with Crippen LogP contribution in [0.3, 0.4) is 0 Å². The summed E-state index contributed by atoms with van der Waals surface area (Å²) in [4.78, 5) is 26.1. The molecule has 0 spiro atoms. The highest BCUT2D eigenvalue weighted by Gasteiger charge is 2.33. The molecular formula is C18H18FN3O3. The summed E-state index contributed by atoms with van der Waals surface area (Å²) in [6.45, 7) is 0.470. The molecule has 1 fully saturated rings. The summed E-state index contributed by atoms with van der Waals surface area (Å²) in [6.07, 6.45) is 0.492. The van der Waals surface area contributed by atoms with E-state index >= 15 is 0 Å². The Labute approximate surface area is 144 Å². The molecular weight excluding hydrogens is 325 g/mol. The SMILES string of the molecule is COc1ccc(NC(=O)NC2CCN(c3ccc(F)cc3)C2=O)cc1. The Bertz CT molecular complexity index is 762. The molecule has 7 heteroatoms. The maximum absolute atomic E-state index is 13.0. The smallest absolute Gasteiger partial charge is 0.319 e. The number of nitrogens with one attached hydrogen (secondary N) is 2. The van der Waals surface area contributed by atoms with E-state index in [-0.39, 0.29) is 11.7 Å². The highest BCUT2D eigenvalue weighted by molar-refractivity contribution is 6.02. The van der Waals surface area contributed by atoms with Gasteiger partial charge in [-0.3, -0.25) is 4.79 Å². The Balaban J connectivity index is 1.58. The average molecular weight is 343 g/mol. The molecule has 3 amide bonds. The number of methoxy groups -OCH3 is 1. The van der Waals surface area contributed by atoms with Crippen LogP contribution >= 0.6 is 0 Å². The zero-order chi connectivity index (χ0) is 17.8. The second kappa shape index (κ2) is 7.21. The minimum Gasteiger partial charge on any atom is -0.497 e. The fourth-order valence-corrected chi connectivity index (χ4v) is 2.69. The highest BCUT2D eigenvalue weighted by atomic mass is 19.1. The minimum atomic E-state index is -0.608. The van der Waals surface area contributed by atoms with Gasteiger partial charge in [0.1, 0.15) is 17.6 Å². The van der Waals surface area contributed by atoms with Gasteiger partial charge in [0.15, 0.2) is 0 Å². The summed E-state index contributed by atoms with van der Waals surface area (Å²) in [5.74, 6) is 0.118. The molecule has 0 radical (unpaired) electrons. The molecule has 0 saturated carbocycles. The first kappa shape index (κ1) is 16.8. The number of urea groups is 1. The summed E-state index contributed by atoms with van der Waals surface area (Å²) < 4.78 is 18.1. The number of amides is 3. The van der Waals surface area contributed by atoms with Crippen LogP contribution in [-0.2, 0) is 4.79 Å². The molecule has 1 saturated heterocycles. The van der Waals surface area contributed by atoms with E-state index in [0.717, 1.165) is 0 Å². The number of halogens is 1. The summed E-state index contributed by atoms with van der Waals surface area (Å²) >= 11 is 0. The molecule has 130 valence electrons. The zero-order valence-electron chi connectivity index (χ0n) is 13.7. The van der Waals surface area contributed by atoms with Crippen LogP contribution in [0.25, 0.3) is 0 Å². The maximum Gasteiger partial charge on any atom is 0.319 e. The number of nitrogens with zero attached hydrogens (tertiary/aromatic N) is 1. The monoisotopic (exact) mass is 343 g/mol. The Morgan fingerprint density at radius 2 is 1.84 bits per heavy atom. The van der Waals surface area contributed by atoms with Crippen LogP contribution < -0.4 is 20.3 Å². The van der Waals surface area contributed by atoms with Crippen molar-refractivity contribution in [2.45, 2.75) is 12.5 Å². The molecule has 0 aliphatic carbocycles. The number of hydrogen-bond donors (Lipinski definition) is 2. The van der Waals surface area contributed by atoms with Crippen molar-refractivity contribution in [3.63, 3.8) is 0 Å². The van der Waals surface area contributed by atoms with Gasteiger partial charge in [0.25, 0.3) is 0 Å². The lowest BCUT2D eigenvalue weighted by Gasteiger charge is -2.17. The number of benzene rings is 2. The van der Waals surface area contributed by atoms with Crippen LogP contribution in [0.15, 0.2) is 48.5 Å². The molecule has 1 aliphatic rings. The van der Waals surface area contributed by atoms with E-state index in [4.69, 9.17) is 4.74 Å². The van der Waals surface area contributed by atoms with Gasteiger partial charge in [-0.2, -0.15) is 0 Å². The average Bonchev–Trinajstić information content (AvgIpc) is 2.97. The molecule has 2 N–H and O–H groups in total. The molecule has 2 aromatic carbocycles. The quantitative estimate of drug-likeness (QED) is 0.897. The van der Waals surface area contributed by atoms with E-state index < -0.39 is 12.1 Å². The first-order valence-electron chi connectivity index (χ1n) is 7.85. The number of hydrogen-bond acceptors (Lipinski definition) is 3. The van der Waals surface area contributed by atoms with E-state index in [0.29, 0.717) is 30.1 Å². The first-order chi connectivity index (χ1) is 12.1. The molecule has 2 aromatic rings. The van der Waals surface area contributed by atoms with Crippen LogP contribution in [0.5, 0.6) is 5.75 Å². The summed E-state index contributed by atoms with van der Waals surface area (Å²) in [5.41, 5.74) is 1.21. The Kier molecular flexibility index (Phi) is 4.83. The number of ether oxygens (including phenoxy) is 1. The van der Waals surface area contributed by atoms with Gasteiger partial charge < -0.3 is 20.3 Å².